The molecule has 1 heteroatoms. The fourth-order valence-electron chi connectivity index (χ4n) is 2.92. The van der Waals surface area contributed by atoms with Crippen LogP contribution in [0.25, 0.3) is 0 Å². The Bertz CT molecular complexity index is 519. The van der Waals surface area contributed by atoms with E-state index in [1.54, 1.807) is 0 Å². The van der Waals surface area contributed by atoms with Gasteiger partial charge in [-0.05, 0) is 67.6 Å². The van der Waals surface area contributed by atoms with Crippen LogP contribution in [-0.2, 0) is 19.3 Å². The normalized spacial score (nSPS) is 13.3. The Hall–Kier alpha value is -0.980. The minimum atomic E-state index is -0.175. The van der Waals surface area contributed by atoms with Gasteiger partial charge >= 0.3 is 0 Å². The molecule has 23 heavy (non-hydrogen) atoms. The summed E-state index contributed by atoms with van der Waals surface area (Å²) in [5.41, 5.74) is 4.52. The maximum atomic E-state index is 6.50. The molecule has 0 amide bonds. The fourth-order valence-corrected chi connectivity index (χ4v) is 2.92. The molecule has 0 saturated heterocycles. The summed E-state index contributed by atoms with van der Waals surface area (Å²) in [7, 11) is 0. The molecule has 1 rings (SSSR count). The first-order valence-corrected chi connectivity index (χ1v) is 9.04. The first kappa shape index (κ1) is 20.1. The SMILES string of the molecule is CCc1ccc(CC(C)(C)C)c(OC(C)(C)C)c1CC(C)(C)C. The van der Waals surface area contributed by atoms with Crippen molar-refractivity contribution in [1.29, 1.82) is 0 Å². The standard InChI is InChI=1S/C22H38O/c1-11-16-12-13-17(14-20(2,3)4)19(23-22(8,9)10)18(16)15-21(5,6)7/h12-13H,11,14-15H2,1-10H3. The molecular formula is C22H38O. The first-order chi connectivity index (χ1) is 10.2. The molecule has 0 bridgehead atoms. The molecule has 0 radical (unpaired) electrons. The lowest BCUT2D eigenvalue weighted by Gasteiger charge is -2.31. The summed E-state index contributed by atoms with van der Waals surface area (Å²) in [6.07, 6.45) is 3.15. The molecule has 0 saturated carbocycles. The van der Waals surface area contributed by atoms with Gasteiger partial charge in [-0.25, -0.2) is 0 Å². The molecule has 0 spiro atoms. The van der Waals surface area contributed by atoms with E-state index in [0.717, 1.165) is 25.0 Å². The summed E-state index contributed by atoms with van der Waals surface area (Å²) in [5, 5.41) is 0. The van der Waals surface area contributed by atoms with Gasteiger partial charge in [0.25, 0.3) is 0 Å². The Morgan fingerprint density at radius 3 is 1.61 bits per heavy atom. The maximum Gasteiger partial charge on any atom is 0.126 e. The zero-order chi connectivity index (χ0) is 18.1. The molecule has 0 N–H and O–H groups in total. The molecular weight excluding hydrogens is 280 g/mol. The van der Waals surface area contributed by atoms with E-state index < -0.39 is 0 Å². The van der Waals surface area contributed by atoms with Gasteiger partial charge in [-0.1, -0.05) is 60.6 Å². The van der Waals surface area contributed by atoms with E-state index in [1.165, 1.54) is 16.7 Å². The van der Waals surface area contributed by atoms with Crippen LogP contribution in [0.1, 0.15) is 85.9 Å². The second kappa shape index (κ2) is 6.87. The second-order valence-electron chi connectivity index (χ2n) is 10.2. The smallest absolute Gasteiger partial charge is 0.126 e. The van der Waals surface area contributed by atoms with Crippen LogP contribution >= 0.6 is 0 Å². The summed E-state index contributed by atoms with van der Waals surface area (Å²) < 4.78 is 6.50. The van der Waals surface area contributed by atoms with Crippen LogP contribution in [0.2, 0.25) is 0 Å². The van der Waals surface area contributed by atoms with Crippen LogP contribution in [0.4, 0.5) is 0 Å². The van der Waals surface area contributed by atoms with Crippen LogP contribution in [-0.4, -0.2) is 5.60 Å². The Labute approximate surface area is 144 Å². The minimum absolute atomic E-state index is 0.175. The van der Waals surface area contributed by atoms with Crippen molar-refractivity contribution >= 4 is 0 Å². The van der Waals surface area contributed by atoms with Crippen molar-refractivity contribution in [2.24, 2.45) is 10.8 Å². The van der Waals surface area contributed by atoms with Crippen molar-refractivity contribution in [3.05, 3.63) is 28.8 Å². The molecule has 1 nitrogen and oxygen atoms in total. The van der Waals surface area contributed by atoms with E-state index in [1.807, 2.05) is 0 Å². The third-order valence-electron chi connectivity index (χ3n) is 3.66. The second-order valence-corrected chi connectivity index (χ2v) is 10.2. The van der Waals surface area contributed by atoms with Gasteiger partial charge < -0.3 is 4.74 Å². The van der Waals surface area contributed by atoms with Crippen molar-refractivity contribution in [2.45, 2.75) is 94.1 Å². The topological polar surface area (TPSA) is 9.23 Å². The fraction of sp³-hybridized carbons (Fsp3) is 0.727. The zero-order valence-electron chi connectivity index (χ0n) is 17.2. The zero-order valence-corrected chi connectivity index (χ0v) is 17.2. The van der Waals surface area contributed by atoms with Gasteiger partial charge in [0.15, 0.2) is 0 Å². The maximum absolute atomic E-state index is 6.50. The molecule has 1 aromatic rings. The van der Waals surface area contributed by atoms with Gasteiger partial charge in [0.1, 0.15) is 11.4 Å². The molecule has 0 heterocycles. The summed E-state index contributed by atoms with van der Waals surface area (Å²) in [4.78, 5) is 0. The summed E-state index contributed by atoms with van der Waals surface area (Å²) in [5.74, 6) is 1.14. The van der Waals surface area contributed by atoms with Gasteiger partial charge in [0, 0.05) is 0 Å². The van der Waals surface area contributed by atoms with Crippen LogP contribution in [0, 0.1) is 10.8 Å². The Balaban J connectivity index is 3.50. The number of rotatable bonds is 4. The van der Waals surface area contributed by atoms with Crippen molar-refractivity contribution in [1.82, 2.24) is 0 Å². The van der Waals surface area contributed by atoms with Crippen molar-refractivity contribution in [3.63, 3.8) is 0 Å². The number of aryl methyl sites for hydroxylation is 1. The largest absolute Gasteiger partial charge is 0.488 e. The quantitative estimate of drug-likeness (QED) is 0.607. The minimum Gasteiger partial charge on any atom is -0.488 e. The summed E-state index contributed by atoms with van der Waals surface area (Å²) >= 11 is 0. The predicted octanol–water partition coefficient (Wildman–Crippen LogP) is 6.60. The van der Waals surface area contributed by atoms with E-state index >= 15 is 0 Å². The van der Waals surface area contributed by atoms with E-state index in [2.05, 4.69) is 81.4 Å². The van der Waals surface area contributed by atoms with Gasteiger partial charge in [0.05, 0.1) is 0 Å². The number of hydrogen-bond donors (Lipinski definition) is 0. The highest BCUT2D eigenvalue weighted by Gasteiger charge is 2.25. The number of benzene rings is 1. The summed E-state index contributed by atoms with van der Waals surface area (Å²) in [6, 6.07) is 4.61. The van der Waals surface area contributed by atoms with E-state index in [-0.39, 0.29) is 16.4 Å². The Kier molecular flexibility index (Phi) is 5.99. The number of ether oxygens (including phenoxy) is 1. The van der Waals surface area contributed by atoms with Crippen LogP contribution in [0.5, 0.6) is 5.75 Å². The third kappa shape index (κ3) is 6.97. The average Bonchev–Trinajstić information content (AvgIpc) is 2.28. The lowest BCUT2D eigenvalue weighted by Crippen LogP contribution is -2.26. The molecule has 1 aromatic carbocycles. The monoisotopic (exact) mass is 318 g/mol. The average molecular weight is 319 g/mol. The van der Waals surface area contributed by atoms with Crippen LogP contribution < -0.4 is 4.74 Å². The third-order valence-corrected chi connectivity index (χ3v) is 3.66. The predicted molar refractivity (Wildman–Crippen MR) is 103 cm³/mol. The molecule has 132 valence electrons. The van der Waals surface area contributed by atoms with E-state index in [0.29, 0.717) is 0 Å². The lowest BCUT2D eigenvalue weighted by atomic mass is 9.81. The number of hydrogen-bond acceptors (Lipinski definition) is 1. The van der Waals surface area contributed by atoms with Crippen molar-refractivity contribution in [2.75, 3.05) is 0 Å². The van der Waals surface area contributed by atoms with E-state index in [4.69, 9.17) is 4.74 Å². The molecule has 0 aliphatic carbocycles. The highest BCUT2D eigenvalue weighted by molar-refractivity contribution is 5.48. The Morgan fingerprint density at radius 2 is 1.22 bits per heavy atom. The van der Waals surface area contributed by atoms with Crippen molar-refractivity contribution in [3.8, 4) is 5.75 Å². The van der Waals surface area contributed by atoms with Crippen LogP contribution in [0.15, 0.2) is 12.1 Å². The molecule has 0 aromatic heterocycles. The van der Waals surface area contributed by atoms with Crippen LogP contribution in [0.3, 0.4) is 0 Å². The Morgan fingerprint density at radius 1 is 0.739 bits per heavy atom. The molecule has 0 fully saturated rings. The van der Waals surface area contributed by atoms with Gasteiger partial charge in [-0.15, -0.1) is 0 Å². The highest BCUT2D eigenvalue weighted by Crippen LogP contribution is 2.38. The molecule has 0 aliphatic heterocycles. The highest BCUT2D eigenvalue weighted by atomic mass is 16.5. The van der Waals surface area contributed by atoms with Gasteiger partial charge in [-0.2, -0.15) is 0 Å². The summed E-state index contributed by atoms with van der Waals surface area (Å²) in [6.45, 7) is 22.5. The first-order valence-electron chi connectivity index (χ1n) is 9.04. The van der Waals surface area contributed by atoms with E-state index in [9.17, 15) is 0 Å². The molecule has 0 unspecified atom stereocenters. The lowest BCUT2D eigenvalue weighted by molar-refractivity contribution is 0.125. The molecule has 0 aliphatic rings. The van der Waals surface area contributed by atoms with Crippen molar-refractivity contribution < 1.29 is 4.74 Å². The van der Waals surface area contributed by atoms with Gasteiger partial charge in [-0.3, -0.25) is 0 Å². The van der Waals surface area contributed by atoms with Gasteiger partial charge in [0.2, 0.25) is 0 Å². The molecule has 0 atom stereocenters.